The number of carbonyl (C=O) groups is 1. The molecule has 1 N–H and O–H groups in total. The Hall–Kier alpha value is -2.15. The van der Waals surface area contributed by atoms with Crippen LogP contribution in [0.3, 0.4) is 0 Å². The third-order valence-electron chi connectivity index (χ3n) is 4.44. The van der Waals surface area contributed by atoms with E-state index in [1.807, 2.05) is 35.6 Å². The van der Waals surface area contributed by atoms with Crippen molar-refractivity contribution < 1.29 is 4.79 Å². The van der Waals surface area contributed by atoms with Crippen molar-refractivity contribution in [3.63, 3.8) is 0 Å². The lowest BCUT2D eigenvalue weighted by Crippen LogP contribution is -2.46. The van der Waals surface area contributed by atoms with Crippen molar-refractivity contribution in [1.29, 1.82) is 0 Å². The predicted octanol–water partition coefficient (Wildman–Crippen LogP) is 2.53. The van der Waals surface area contributed by atoms with Crippen molar-refractivity contribution in [2.75, 3.05) is 19.6 Å². The van der Waals surface area contributed by atoms with Gasteiger partial charge in [-0.25, -0.2) is 19.4 Å². The molecular formula is C17H23ClN6O. The minimum atomic E-state index is -0.0424. The number of amides is 2. The Morgan fingerprint density at radius 3 is 3.00 bits per heavy atom. The zero-order valence-corrected chi connectivity index (χ0v) is 15.3. The van der Waals surface area contributed by atoms with E-state index in [0.717, 1.165) is 36.6 Å². The fraction of sp³-hybridized carbons (Fsp3) is 0.529. The zero-order valence-electron chi connectivity index (χ0n) is 14.6. The Morgan fingerprint density at radius 2 is 2.28 bits per heavy atom. The standard InChI is InChI=1S/C17H23ClN6O/c1-12-21-13(2)24(22-12)15-6-4-10-23(11-15)17(25)20-9-7-14-5-3-8-19-16(14)18/h3,5,8,15H,4,6-7,9-11H2,1-2H3,(H,20,25). The second-order valence-electron chi connectivity index (χ2n) is 6.33. The summed E-state index contributed by atoms with van der Waals surface area (Å²) in [4.78, 5) is 22.7. The molecule has 0 aliphatic carbocycles. The third kappa shape index (κ3) is 4.28. The number of carbonyl (C=O) groups excluding carboxylic acids is 1. The number of likely N-dealkylation sites (tertiary alicyclic amines) is 1. The molecule has 3 rings (SSSR count). The largest absolute Gasteiger partial charge is 0.338 e. The van der Waals surface area contributed by atoms with E-state index < -0.39 is 0 Å². The first kappa shape index (κ1) is 17.7. The fourth-order valence-corrected chi connectivity index (χ4v) is 3.46. The number of piperidine rings is 1. The lowest BCUT2D eigenvalue weighted by atomic mass is 10.1. The smallest absolute Gasteiger partial charge is 0.317 e. The van der Waals surface area contributed by atoms with Gasteiger partial charge in [-0.3, -0.25) is 0 Å². The molecule has 1 aliphatic rings. The Balaban J connectivity index is 1.53. The number of urea groups is 1. The molecule has 1 unspecified atom stereocenters. The molecule has 1 saturated heterocycles. The molecule has 1 atom stereocenters. The van der Waals surface area contributed by atoms with Crippen LogP contribution >= 0.6 is 11.6 Å². The number of aryl methyl sites for hydroxylation is 2. The quantitative estimate of drug-likeness (QED) is 0.848. The summed E-state index contributed by atoms with van der Waals surface area (Å²) in [5, 5.41) is 7.93. The van der Waals surface area contributed by atoms with Gasteiger partial charge in [0.2, 0.25) is 0 Å². The number of rotatable bonds is 4. The van der Waals surface area contributed by atoms with Crippen LogP contribution in [0.25, 0.3) is 0 Å². The van der Waals surface area contributed by atoms with Gasteiger partial charge in [-0.05, 0) is 44.7 Å². The normalized spacial score (nSPS) is 17.6. The van der Waals surface area contributed by atoms with Gasteiger partial charge in [-0.1, -0.05) is 17.7 Å². The molecule has 8 heteroatoms. The maximum absolute atomic E-state index is 12.5. The number of nitrogens with one attached hydrogen (secondary N) is 1. The van der Waals surface area contributed by atoms with Gasteiger partial charge in [-0.15, -0.1) is 0 Å². The molecule has 0 radical (unpaired) electrons. The van der Waals surface area contributed by atoms with Crippen LogP contribution in [-0.4, -0.2) is 50.3 Å². The van der Waals surface area contributed by atoms with E-state index in [0.29, 0.717) is 24.7 Å². The molecule has 1 fully saturated rings. The van der Waals surface area contributed by atoms with Gasteiger partial charge in [0.15, 0.2) is 0 Å². The average molecular weight is 363 g/mol. The Morgan fingerprint density at radius 1 is 1.44 bits per heavy atom. The van der Waals surface area contributed by atoms with Crippen molar-refractivity contribution in [2.45, 2.75) is 39.2 Å². The van der Waals surface area contributed by atoms with Gasteiger partial charge in [0.05, 0.1) is 6.04 Å². The highest BCUT2D eigenvalue weighted by molar-refractivity contribution is 6.30. The third-order valence-corrected chi connectivity index (χ3v) is 4.78. The first-order valence-electron chi connectivity index (χ1n) is 8.56. The van der Waals surface area contributed by atoms with Crippen molar-refractivity contribution in [3.8, 4) is 0 Å². The molecule has 0 saturated carbocycles. The maximum atomic E-state index is 12.5. The van der Waals surface area contributed by atoms with E-state index >= 15 is 0 Å². The molecule has 2 aromatic heterocycles. The maximum Gasteiger partial charge on any atom is 0.317 e. The lowest BCUT2D eigenvalue weighted by Gasteiger charge is -2.33. The fourth-order valence-electron chi connectivity index (χ4n) is 3.24. The van der Waals surface area contributed by atoms with Gasteiger partial charge >= 0.3 is 6.03 Å². The van der Waals surface area contributed by atoms with Gasteiger partial charge in [0.1, 0.15) is 16.8 Å². The minimum absolute atomic E-state index is 0.0424. The van der Waals surface area contributed by atoms with Crippen molar-refractivity contribution >= 4 is 17.6 Å². The summed E-state index contributed by atoms with van der Waals surface area (Å²) in [5.41, 5.74) is 0.940. The van der Waals surface area contributed by atoms with Crippen LogP contribution in [-0.2, 0) is 6.42 Å². The van der Waals surface area contributed by atoms with E-state index in [9.17, 15) is 4.79 Å². The zero-order chi connectivity index (χ0) is 17.8. The number of hydrogen-bond acceptors (Lipinski definition) is 4. The molecule has 3 heterocycles. The van der Waals surface area contributed by atoms with Gasteiger partial charge < -0.3 is 10.2 Å². The average Bonchev–Trinajstić information content (AvgIpc) is 2.95. The van der Waals surface area contributed by atoms with Crippen molar-refractivity contribution in [2.24, 2.45) is 0 Å². The van der Waals surface area contributed by atoms with Crippen LogP contribution in [0, 0.1) is 13.8 Å². The summed E-state index contributed by atoms with van der Waals surface area (Å²) < 4.78 is 1.95. The highest BCUT2D eigenvalue weighted by Gasteiger charge is 2.26. The number of halogens is 1. The molecule has 0 spiro atoms. The Bertz CT molecular complexity index is 746. The molecule has 2 aromatic rings. The molecule has 25 heavy (non-hydrogen) atoms. The van der Waals surface area contributed by atoms with Crippen LogP contribution in [0.1, 0.15) is 36.1 Å². The van der Waals surface area contributed by atoms with Crippen LogP contribution < -0.4 is 5.32 Å². The van der Waals surface area contributed by atoms with E-state index in [4.69, 9.17) is 11.6 Å². The SMILES string of the molecule is Cc1nc(C)n(C2CCCN(C(=O)NCCc3cccnc3Cl)C2)n1. The van der Waals surface area contributed by atoms with Crippen molar-refractivity contribution in [1.82, 2.24) is 30.0 Å². The molecule has 134 valence electrons. The van der Waals surface area contributed by atoms with E-state index in [1.54, 1.807) is 6.20 Å². The number of pyridine rings is 1. The number of nitrogens with zero attached hydrogens (tertiary/aromatic N) is 5. The first-order valence-corrected chi connectivity index (χ1v) is 8.94. The number of hydrogen-bond donors (Lipinski definition) is 1. The van der Waals surface area contributed by atoms with E-state index in [1.165, 1.54) is 0 Å². The van der Waals surface area contributed by atoms with Gasteiger partial charge in [-0.2, -0.15) is 5.10 Å². The molecular weight excluding hydrogens is 340 g/mol. The van der Waals surface area contributed by atoms with Crippen molar-refractivity contribution in [3.05, 3.63) is 40.7 Å². The highest BCUT2D eigenvalue weighted by Crippen LogP contribution is 2.22. The molecule has 7 nitrogen and oxygen atoms in total. The van der Waals surface area contributed by atoms with Crippen LogP contribution in [0.2, 0.25) is 5.15 Å². The topological polar surface area (TPSA) is 75.9 Å². The monoisotopic (exact) mass is 362 g/mol. The molecule has 0 aromatic carbocycles. The molecule has 0 bridgehead atoms. The molecule has 1 aliphatic heterocycles. The summed E-state index contributed by atoms with van der Waals surface area (Å²) >= 11 is 6.04. The van der Waals surface area contributed by atoms with E-state index in [-0.39, 0.29) is 12.1 Å². The summed E-state index contributed by atoms with van der Waals surface area (Å²) in [7, 11) is 0. The van der Waals surface area contributed by atoms with Crippen LogP contribution in [0.5, 0.6) is 0 Å². The van der Waals surface area contributed by atoms with Gasteiger partial charge in [0.25, 0.3) is 0 Å². The Kier molecular flexibility index (Phi) is 5.53. The first-order chi connectivity index (χ1) is 12.0. The predicted molar refractivity (Wildman–Crippen MR) is 95.7 cm³/mol. The summed E-state index contributed by atoms with van der Waals surface area (Å²) in [6.07, 6.45) is 4.30. The summed E-state index contributed by atoms with van der Waals surface area (Å²) in [5.74, 6) is 1.67. The van der Waals surface area contributed by atoms with Crippen LogP contribution in [0.15, 0.2) is 18.3 Å². The van der Waals surface area contributed by atoms with E-state index in [2.05, 4.69) is 20.4 Å². The van der Waals surface area contributed by atoms with Crippen LogP contribution in [0.4, 0.5) is 4.79 Å². The van der Waals surface area contributed by atoms with Gasteiger partial charge in [0, 0.05) is 25.8 Å². The minimum Gasteiger partial charge on any atom is -0.338 e. The lowest BCUT2D eigenvalue weighted by molar-refractivity contribution is 0.162. The number of aromatic nitrogens is 4. The Labute approximate surface area is 152 Å². The second kappa shape index (κ2) is 7.82. The highest BCUT2D eigenvalue weighted by atomic mass is 35.5. The summed E-state index contributed by atoms with van der Waals surface area (Å²) in [6, 6.07) is 3.92. The second-order valence-corrected chi connectivity index (χ2v) is 6.69. The molecule has 2 amide bonds. The summed E-state index contributed by atoms with van der Waals surface area (Å²) in [6.45, 7) is 5.80.